The van der Waals surface area contributed by atoms with Gasteiger partial charge in [-0.25, -0.2) is 0 Å². The first-order valence-corrected chi connectivity index (χ1v) is 10.1. The molecule has 7 heteroatoms. The fourth-order valence-electron chi connectivity index (χ4n) is 3.51. The number of benzene rings is 2. The molecule has 0 saturated heterocycles. The molecule has 3 rings (SSSR count). The molecule has 1 aliphatic rings. The van der Waals surface area contributed by atoms with Crippen LogP contribution in [-0.4, -0.2) is 62.4 Å². The molecule has 0 saturated carbocycles. The Balaban J connectivity index is 0.00000320. The number of aliphatic imine (C=N–C) groups is 1. The number of likely N-dealkylation sites (N-methyl/N-ethyl adjacent to an activating group) is 1. The highest BCUT2D eigenvalue weighted by Gasteiger charge is 2.18. The van der Waals surface area contributed by atoms with Crippen molar-refractivity contribution >= 4 is 35.8 Å². The Bertz CT molecular complexity index is 868. The van der Waals surface area contributed by atoms with E-state index in [4.69, 9.17) is 0 Å². The number of carbonyl (C=O) groups is 1. The van der Waals surface area contributed by atoms with Crippen LogP contribution in [-0.2, 0) is 19.5 Å². The van der Waals surface area contributed by atoms with Crippen molar-refractivity contribution in [3.63, 3.8) is 0 Å². The largest absolute Gasteiger partial charge is 0.352 e. The highest BCUT2D eigenvalue weighted by molar-refractivity contribution is 14.0. The number of guanidine groups is 1. The van der Waals surface area contributed by atoms with Gasteiger partial charge in [0.05, 0.1) is 0 Å². The van der Waals surface area contributed by atoms with E-state index in [1.165, 1.54) is 11.1 Å². The van der Waals surface area contributed by atoms with E-state index in [2.05, 4.69) is 44.8 Å². The molecule has 2 N–H and O–H groups in total. The summed E-state index contributed by atoms with van der Waals surface area (Å²) in [6, 6.07) is 16.3. The molecular formula is C23H32IN5O. The molecule has 1 aliphatic heterocycles. The molecule has 1 amide bonds. The second-order valence-corrected chi connectivity index (χ2v) is 7.60. The van der Waals surface area contributed by atoms with Crippen molar-refractivity contribution < 1.29 is 4.79 Å². The maximum atomic E-state index is 12.4. The smallest absolute Gasteiger partial charge is 0.251 e. The van der Waals surface area contributed by atoms with E-state index in [1.807, 2.05) is 50.3 Å². The van der Waals surface area contributed by atoms with Gasteiger partial charge in [0.15, 0.2) is 5.96 Å². The fraction of sp³-hybridized carbons (Fsp3) is 0.391. The summed E-state index contributed by atoms with van der Waals surface area (Å²) in [5.74, 6) is 0.853. The van der Waals surface area contributed by atoms with Gasteiger partial charge in [-0.1, -0.05) is 36.4 Å². The SMILES string of the molecule is CN=C(NCc1cccc(C(=O)NCCN(C)C)c1)N1CCc2ccccc2C1.I. The van der Waals surface area contributed by atoms with Crippen LogP contribution in [0, 0.1) is 0 Å². The molecule has 6 nitrogen and oxygen atoms in total. The summed E-state index contributed by atoms with van der Waals surface area (Å²) in [5.41, 5.74) is 4.53. The van der Waals surface area contributed by atoms with Crippen molar-refractivity contribution in [2.24, 2.45) is 4.99 Å². The summed E-state index contributed by atoms with van der Waals surface area (Å²) < 4.78 is 0. The molecule has 2 aromatic carbocycles. The monoisotopic (exact) mass is 521 g/mol. The van der Waals surface area contributed by atoms with Crippen molar-refractivity contribution in [3.8, 4) is 0 Å². The van der Waals surface area contributed by atoms with Crippen LogP contribution in [0.3, 0.4) is 0 Å². The first kappa shape index (κ1) is 24.1. The lowest BCUT2D eigenvalue weighted by atomic mass is 10.0. The van der Waals surface area contributed by atoms with Crippen molar-refractivity contribution in [2.75, 3.05) is 40.8 Å². The van der Waals surface area contributed by atoms with Gasteiger partial charge >= 0.3 is 0 Å². The number of nitrogens with one attached hydrogen (secondary N) is 2. The predicted molar refractivity (Wildman–Crippen MR) is 133 cm³/mol. The summed E-state index contributed by atoms with van der Waals surface area (Å²) >= 11 is 0. The molecule has 0 atom stereocenters. The minimum atomic E-state index is -0.0364. The molecule has 162 valence electrons. The van der Waals surface area contributed by atoms with Gasteiger partial charge in [-0.2, -0.15) is 0 Å². The van der Waals surface area contributed by atoms with Crippen LogP contribution >= 0.6 is 24.0 Å². The lowest BCUT2D eigenvalue weighted by molar-refractivity contribution is 0.0951. The molecule has 1 heterocycles. The molecule has 0 aliphatic carbocycles. The summed E-state index contributed by atoms with van der Waals surface area (Å²) in [4.78, 5) is 21.1. The average molecular weight is 521 g/mol. The Hall–Kier alpha value is -2.13. The van der Waals surface area contributed by atoms with E-state index in [0.717, 1.165) is 37.6 Å². The third-order valence-corrected chi connectivity index (χ3v) is 5.13. The molecule has 0 unspecified atom stereocenters. The Kier molecular flexibility index (Phi) is 9.58. The van der Waals surface area contributed by atoms with Crippen LogP contribution in [0.25, 0.3) is 0 Å². The Labute approximate surface area is 196 Å². The topological polar surface area (TPSA) is 60.0 Å². The van der Waals surface area contributed by atoms with Crippen molar-refractivity contribution in [2.45, 2.75) is 19.5 Å². The van der Waals surface area contributed by atoms with E-state index in [9.17, 15) is 4.79 Å². The van der Waals surface area contributed by atoms with Crippen LogP contribution in [0.1, 0.15) is 27.0 Å². The van der Waals surface area contributed by atoms with E-state index in [1.54, 1.807) is 0 Å². The van der Waals surface area contributed by atoms with Gasteiger partial charge in [-0.05, 0) is 49.3 Å². The lowest BCUT2D eigenvalue weighted by Crippen LogP contribution is -2.43. The number of hydrogen-bond donors (Lipinski definition) is 2. The van der Waals surface area contributed by atoms with Gasteiger partial charge in [-0.15, -0.1) is 24.0 Å². The zero-order chi connectivity index (χ0) is 20.6. The van der Waals surface area contributed by atoms with E-state index >= 15 is 0 Å². The quantitative estimate of drug-likeness (QED) is 0.349. The molecule has 0 aromatic heterocycles. The summed E-state index contributed by atoms with van der Waals surface area (Å²) in [6.45, 7) is 3.90. The van der Waals surface area contributed by atoms with Gasteiger partial charge in [0, 0.05) is 45.3 Å². The molecule has 30 heavy (non-hydrogen) atoms. The van der Waals surface area contributed by atoms with E-state index in [0.29, 0.717) is 18.7 Å². The van der Waals surface area contributed by atoms with Crippen molar-refractivity contribution in [1.82, 2.24) is 20.4 Å². The van der Waals surface area contributed by atoms with E-state index < -0.39 is 0 Å². The number of rotatable bonds is 6. The molecular weight excluding hydrogens is 489 g/mol. The number of nitrogens with zero attached hydrogens (tertiary/aromatic N) is 3. The predicted octanol–water partition coefficient (Wildman–Crippen LogP) is 2.73. The maximum Gasteiger partial charge on any atom is 0.251 e. The fourth-order valence-corrected chi connectivity index (χ4v) is 3.51. The second kappa shape index (κ2) is 11.9. The standard InChI is InChI=1S/C23H31N5O.HI/c1-24-23(28-13-11-19-8-4-5-9-21(19)17-28)26-16-18-7-6-10-20(15-18)22(29)25-12-14-27(2)3;/h4-10,15H,11-14,16-17H2,1-3H3,(H,24,26)(H,25,29);1H. The number of amides is 1. The second-order valence-electron chi connectivity index (χ2n) is 7.60. The normalized spacial score (nSPS) is 13.5. The van der Waals surface area contributed by atoms with E-state index in [-0.39, 0.29) is 29.9 Å². The number of fused-ring (bicyclic) bond motifs is 1. The molecule has 2 aromatic rings. The first-order chi connectivity index (χ1) is 14.1. The zero-order valence-corrected chi connectivity index (χ0v) is 20.3. The Morgan fingerprint density at radius 1 is 1.10 bits per heavy atom. The van der Waals surface area contributed by atoms with Crippen molar-refractivity contribution in [3.05, 3.63) is 70.8 Å². The van der Waals surface area contributed by atoms with Crippen LogP contribution in [0.5, 0.6) is 0 Å². The zero-order valence-electron chi connectivity index (χ0n) is 18.0. The molecule has 0 spiro atoms. The minimum Gasteiger partial charge on any atom is -0.352 e. The summed E-state index contributed by atoms with van der Waals surface area (Å²) in [7, 11) is 5.80. The number of carbonyl (C=O) groups excluding carboxylic acids is 1. The molecule has 0 fully saturated rings. The van der Waals surface area contributed by atoms with Crippen LogP contribution < -0.4 is 10.6 Å². The Morgan fingerprint density at radius 3 is 2.60 bits per heavy atom. The minimum absolute atomic E-state index is 0. The molecule has 0 radical (unpaired) electrons. The van der Waals surface area contributed by atoms with Gasteiger partial charge in [0.2, 0.25) is 0 Å². The van der Waals surface area contributed by atoms with Gasteiger partial charge in [0.25, 0.3) is 5.91 Å². The first-order valence-electron chi connectivity index (χ1n) is 10.1. The highest BCUT2D eigenvalue weighted by atomic mass is 127. The average Bonchev–Trinajstić information content (AvgIpc) is 2.74. The summed E-state index contributed by atoms with van der Waals surface area (Å²) in [5, 5.41) is 6.41. The third-order valence-electron chi connectivity index (χ3n) is 5.13. The van der Waals surface area contributed by atoms with Crippen LogP contribution in [0.15, 0.2) is 53.5 Å². The lowest BCUT2D eigenvalue weighted by Gasteiger charge is -2.31. The van der Waals surface area contributed by atoms with Crippen LogP contribution in [0.4, 0.5) is 0 Å². The van der Waals surface area contributed by atoms with Gasteiger partial charge in [0.1, 0.15) is 0 Å². The maximum absolute atomic E-state index is 12.4. The molecule has 0 bridgehead atoms. The van der Waals surface area contributed by atoms with Gasteiger partial charge in [-0.3, -0.25) is 9.79 Å². The van der Waals surface area contributed by atoms with Gasteiger partial charge < -0.3 is 20.4 Å². The Morgan fingerprint density at radius 2 is 1.87 bits per heavy atom. The summed E-state index contributed by atoms with van der Waals surface area (Å²) in [6.07, 6.45) is 1.03. The third kappa shape index (κ3) is 6.70. The number of halogens is 1. The van der Waals surface area contributed by atoms with Crippen molar-refractivity contribution in [1.29, 1.82) is 0 Å². The highest BCUT2D eigenvalue weighted by Crippen LogP contribution is 2.18. The van der Waals surface area contributed by atoms with Crippen LogP contribution in [0.2, 0.25) is 0 Å². The number of hydrogen-bond acceptors (Lipinski definition) is 3.